The highest BCUT2D eigenvalue weighted by atomic mass is 19.4. The van der Waals surface area contributed by atoms with Crippen molar-refractivity contribution in [2.75, 3.05) is 0 Å². The van der Waals surface area contributed by atoms with E-state index in [2.05, 4.69) is 10.3 Å². The van der Waals surface area contributed by atoms with Gasteiger partial charge in [-0.05, 0) is 17.7 Å². The van der Waals surface area contributed by atoms with Crippen LogP contribution >= 0.6 is 0 Å². The fraction of sp³-hybridized carbons (Fsp3) is 0.250. The fourth-order valence-corrected chi connectivity index (χ4v) is 0.928. The molecule has 4 nitrogen and oxygen atoms in total. The minimum atomic E-state index is -4.48. The lowest BCUT2D eigenvalue weighted by atomic mass is 10.2. The summed E-state index contributed by atoms with van der Waals surface area (Å²) in [4.78, 5) is 13.5. The maximum Gasteiger partial charge on any atom is 0.433 e. The molecule has 0 unspecified atom stereocenters. The third-order valence-corrected chi connectivity index (χ3v) is 1.58. The summed E-state index contributed by atoms with van der Waals surface area (Å²) in [5, 5.41) is 2.18. The van der Waals surface area contributed by atoms with E-state index in [0.29, 0.717) is 0 Å². The molecule has 7 heteroatoms. The molecule has 1 aromatic heterocycles. The highest BCUT2D eigenvalue weighted by Gasteiger charge is 2.32. The first kappa shape index (κ1) is 11.3. The Morgan fingerprint density at radius 1 is 1.53 bits per heavy atom. The van der Waals surface area contributed by atoms with Crippen molar-refractivity contribution in [1.82, 2.24) is 10.3 Å². The first-order valence-corrected chi connectivity index (χ1v) is 3.95. The minimum absolute atomic E-state index is 0.0546. The van der Waals surface area contributed by atoms with Crippen LogP contribution < -0.4 is 11.1 Å². The molecule has 15 heavy (non-hydrogen) atoms. The van der Waals surface area contributed by atoms with E-state index in [1.807, 2.05) is 0 Å². The Kier molecular flexibility index (Phi) is 3.13. The highest BCUT2D eigenvalue weighted by molar-refractivity contribution is 5.71. The van der Waals surface area contributed by atoms with Crippen LogP contribution in [-0.2, 0) is 12.7 Å². The van der Waals surface area contributed by atoms with Crippen molar-refractivity contribution >= 4 is 6.03 Å². The molecule has 1 rings (SSSR count). The summed E-state index contributed by atoms with van der Waals surface area (Å²) in [5.74, 6) is 0. The summed E-state index contributed by atoms with van der Waals surface area (Å²) in [5.41, 5.74) is 4.07. The van der Waals surface area contributed by atoms with Crippen LogP contribution in [0.4, 0.5) is 18.0 Å². The van der Waals surface area contributed by atoms with E-state index in [4.69, 9.17) is 5.73 Å². The molecular weight excluding hydrogens is 211 g/mol. The number of nitrogens with one attached hydrogen (secondary N) is 1. The molecule has 0 radical (unpaired) electrons. The van der Waals surface area contributed by atoms with Gasteiger partial charge in [-0.15, -0.1) is 0 Å². The minimum Gasteiger partial charge on any atom is -0.352 e. The lowest BCUT2D eigenvalue weighted by Crippen LogP contribution is -2.28. The quantitative estimate of drug-likeness (QED) is 0.786. The van der Waals surface area contributed by atoms with Gasteiger partial charge in [-0.1, -0.05) is 0 Å². The first-order valence-electron chi connectivity index (χ1n) is 3.95. The van der Waals surface area contributed by atoms with Crippen molar-refractivity contribution in [3.8, 4) is 0 Å². The van der Waals surface area contributed by atoms with E-state index < -0.39 is 17.9 Å². The Bertz CT molecular complexity index is 364. The average Bonchev–Trinajstić information content (AvgIpc) is 2.14. The maximum atomic E-state index is 12.2. The standard InChI is InChI=1S/C8H8F3N3O/c9-8(10,11)6-3-5(1-2-13-6)4-14-7(12)15/h1-3H,4H2,(H3,12,14,15). The molecule has 0 spiro atoms. The van der Waals surface area contributed by atoms with E-state index in [1.54, 1.807) is 0 Å². The highest BCUT2D eigenvalue weighted by Crippen LogP contribution is 2.27. The molecule has 0 aliphatic carbocycles. The van der Waals surface area contributed by atoms with Crippen LogP contribution in [0.1, 0.15) is 11.3 Å². The molecule has 0 fully saturated rings. The third-order valence-electron chi connectivity index (χ3n) is 1.58. The summed E-state index contributed by atoms with van der Waals surface area (Å²) >= 11 is 0. The number of hydrogen-bond acceptors (Lipinski definition) is 2. The van der Waals surface area contributed by atoms with E-state index >= 15 is 0 Å². The second-order valence-electron chi connectivity index (χ2n) is 2.76. The topological polar surface area (TPSA) is 68.0 Å². The van der Waals surface area contributed by atoms with E-state index in [0.717, 1.165) is 12.3 Å². The number of alkyl halides is 3. The molecule has 0 atom stereocenters. The third kappa shape index (κ3) is 3.45. The number of primary amides is 1. The number of nitrogens with zero attached hydrogens (tertiary/aromatic N) is 1. The van der Waals surface area contributed by atoms with Crippen LogP contribution in [0.5, 0.6) is 0 Å². The predicted octanol–water partition coefficient (Wildman–Crippen LogP) is 1.27. The number of hydrogen-bond donors (Lipinski definition) is 2. The van der Waals surface area contributed by atoms with Crippen molar-refractivity contribution in [3.63, 3.8) is 0 Å². The van der Waals surface area contributed by atoms with Crippen LogP contribution in [0.15, 0.2) is 18.3 Å². The number of amides is 2. The second kappa shape index (κ2) is 4.16. The number of nitrogens with two attached hydrogens (primary N) is 1. The van der Waals surface area contributed by atoms with E-state index in [9.17, 15) is 18.0 Å². The van der Waals surface area contributed by atoms with Crippen molar-refractivity contribution < 1.29 is 18.0 Å². The number of aromatic nitrogens is 1. The van der Waals surface area contributed by atoms with Crippen LogP contribution in [0, 0.1) is 0 Å². The van der Waals surface area contributed by atoms with Gasteiger partial charge in [0.05, 0.1) is 0 Å². The van der Waals surface area contributed by atoms with Gasteiger partial charge < -0.3 is 11.1 Å². The zero-order valence-electron chi connectivity index (χ0n) is 7.51. The Balaban J connectivity index is 2.79. The smallest absolute Gasteiger partial charge is 0.352 e. The molecule has 2 amide bonds. The molecule has 0 saturated carbocycles. The van der Waals surface area contributed by atoms with Gasteiger partial charge in [0.1, 0.15) is 5.69 Å². The molecule has 82 valence electrons. The molecule has 0 saturated heterocycles. The Hall–Kier alpha value is -1.79. The summed E-state index contributed by atoms with van der Waals surface area (Å²) in [6.07, 6.45) is -3.45. The zero-order chi connectivity index (χ0) is 11.5. The molecule has 0 aliphatic heterocycles. The molecular formula is C8H8F3N3O. The molecule has 3 N–H and O–H groups in total. The molecule has 0 aromatic carbocycles. The Morgan fingerprint density at radius 3 is 2.73 bits per heavy atom. The van der Waals surface area contributed by atoms with Crippen LogP contribution in [0.25, 0.3) is 0 Å². The summed E-state index contributed by atoms with van der Waals surface area (Å²) in [6, 6.07) is 1.43. The number of pyridine rings is 1. The molecule has 0 bridgehead atoms. The fourth-order valence-electron chi connectivity index (χ4n) is 0.928. The van der Waals surface area contributed by atoms with Crippen molar-refractivity contribution in [2.24, 2.45) is 5.73 Å². The summed E-state index contributed by atoms with van der Waals surface area (Å²) in [6.45, 7) is -0.0546. The van der Waals surface area contributed by atoms with Gasteiger partial charge in [0, 0.05) is 12.7 Å². The van der Waals surface area contributed by atoms with Gasteiger partial charge in [-0.3, -0.25) is 4.98 Å². The lowest BCUT2D eigenvalue weighted by Gasteiger charge is -2.07. The normalized spacial score (nSPS) is 11.1. The predicted molar refractivity (Wildman–Crippen MR) is 45.7 cm³/mol. The van der Waals surface area contributed by atoms with E-state index in [1.165, 1.54) is 6.07 Å². The van der Waals surface area contributed by atoms with Crippen LogP contribution in [0.2, 0.25) is 0 Å². The van der Waals surface area contributed by atoms with Gasteiger partial charge in [-0.2, -0.15) is 13.2 Å². The monoisotopic (exact) mass is 219 g/mol. The second-order valence-corrected chi connectivity index (χ2v) is 2.76. The van der Waals surface area contributed by atoms with Gasteiger partial charge in [-0.25, -0.2) is 4.79 Å². The van der Waals surface area contributed by atoms with Gasteiger partial charge in [0.25, 0.3) is 0 Å². The van der Waals surface area contributed by atoms with Gasteiger partial charge in [0.2, 0.25) is 0 Å². The van der Waals surface area contributed by atoms with Crippen LogP contribution in [0.3, 0.4) is 0 Å². The average molecular weight is 219 g/mol. The molecule has 1 heterocycles. The lowest BCUT2D eigenvalue weighted by molar-refractivity contribution is -0.141. The number of carbonyl (C=O) groups is 1. The maximum absolute atomic E-state index is 12.2. The van der Waals surface area contributed by atoms with Crippen molar-refractivity contribution in [3.05, 3.63) is 29.6 Å². The molecule has 0 aliphatic rings. The number of urea groups is 1. The number of carbonyl (C=O) groups excluding carboxylic acids is 1. The van der Waals surface area contributed by atoms with Crippen molar-refractivity contribution in [1.29, 1.82) is 0 Å². The number of rotatable bonds is 2. The summed E-state index contributed by atoms with van der Waals surface area (Å²) < 4.78 is 36.6. The SMILES string of the molecule is NC(=O)NCc1ccnc(C(F)(F)F)c1. The van der Waals surface area contributed by atoms with Crippen LogP contribution in [-0.4, -0.2) is 11.0 Å². The summed E-state index contributed by atoms with van der Waals surface area (Å²) in [7, 11) is 0. The largest absolute Gasteiger partial charge is 0.433 e. The molecule has 1 aromatic rings. The van der Waals surface area contributed by atoms with Crippen molar-refractivity contribution in [2.45, 2.75) is 12.7 Å². The van der Waals surface area contributed by atoms with Gasteiger partial charge in [0.15, 0.2) is 0 Å². The van der Waals surface area contributed by atoms with E-state index in [-0.39, 0.29) is 12.1 Å². The Labute approximate surface area is 83.3 Å². The Morgan fingerprint density at radius 2 is 2.20 bits per heavy atom. The first-order chi connectivity index (χ1) is 6.89. The zero-order valence-corrected chi connectivity index (χ0v) is 7.51. The number of halogens is 3. The van der Waals surface area contributed by atoms with Gasteiger partial charge >= 0.3 is 12.2 Å².